The summed E-state index contributed by atoms with van der Waals surface area (Å²) in [6.07, 6.45) is -0.0559. The Morgan fingerprint density at radius 2 is 1.93 bits per heavy atom. The number of hydrogen-bond donors (Lipinski definition) is 1. The van der Waals surface area contributed by atoms with E-state index in [1.54, 1.807) is 7.11 Å². The monoisotopic (exact) mass is 395 g/mol. The fourth-order valence-electron chi connectivity index (χ4n) is 2.77. The Morgan fingerprint density at radius 1 is 1.17 bits per heavy atom. The molecule has 2 aromatic carbocycles. The standard InChI is InChI=1S/C22H25N3O4/c1-5-18(28-19-12-14(2)6-7-15(19)3)22(26)23-13-20-24-21(25-29-20)16-8-10-17(27-4)11-9-16/h6-12,18H,5,13H2,1-4H3,(H,23,26)/t18-/m1/s1. The minimum Gasteiger partial charge on any atom is -0.497 e. The van der Waals surface area contributed by atoms with Crippen LogP contribution in [0.4, 0.5) is 0 Å². The Bertz CT molecular complexity index is 966. The summed E-state index contributed by atoms with van der Waals surface area (Å²) in [6.45, 7) is 5.99. The summed E-state index contributed by atoms with van der Waals surface area (Å²) in [4.78, 5) is 16.9. The van der Waals surface area contributed by atoms with Crippen LogP contribution in [-0.2, 0) is 11.3 Å². The molecule has 0 aliphatic carbocycles. The number of methoxy groups -OCH3 is 1. The van der Waals surface area contributed by atoms with E-state index in [2.05, 4.69) is 15.5 Å². The molecular formula is C22H25N3O4. The van der Waals surface area contributed by atoms with Gasteiger partial charge in [0.15, 0.2) is 6.10 Å². The van der Waals surface area contributed by atoms with Crippen LogP contribution in [0.1, 0.15) is 30.4 Å². The lowest BCUT2D eigenvalue weighted by molar-refractivity contribution is -0.128. The molecule has 1 atom stereocenters. The van der Waals surface area contributed by atoms with E-state index in [4.69, 9.17) is 14.0 Å². The lowest BCUT2D eigenvalue weighted by Crippen LogP contribution is -2.37. The Morgan fingerprint density at radius 3 is 2.62 bits per heavy atom. The van der Waals surface area contributed by atoms with Crippen molar-refractivity contribution in [2.45, 2.75) is 39.8 Å². The van der Waals surface area contributed by atoms with Gasteiger partial charge in [-0.25, -0.2) is 0 Å². The largest absolute Gasteiger partial charge is 0.497 e. The zero-order valence-electron chi connectivity index (χ0n) is 17.1. The van der Waals surface area contributed by atoms with Gasteiger partial charge in [0.05, 0.1) is 13.7 Å². The van der Waals surface area contributed by atoms with Crippen LogP contribution in [0.25, 0.3) is 11.4 Å². The van der Waals surface area contributed by atoms with Gasteiger partial charge in [0.2, 0.25) is 11.7 Å². The fourth-order valence-corrected chi connectivity index (χ4v) is 2.77. The zero-order chi connectivity index (χ0) is 20.8. The number of aromatic nitrogens is 2. The highest BCUT2D eigenvalue weighted by Crippen LogP contribution is 2.22. The number of carbonyl (C=O) groups excluding carboxylic acids is 1. The molecular weight excluding hydrogens is 370 g/mol. The third-order valence-corrected chi connectivity index (χ3v) is 4.51. The Kier molecular flexibility index (Phi) is 6.49. The minimum absolute atomic E-state index is 0.134. The molecule has 0 bridgehead atoms. The predicted molar refractivity (Wildman–Crippen MR) is 109 cm³/mol. The van der Waals surface area contributed by atoms with Gasteiger partial charge in [-0.1, -0.05) is 24.2 Å². The minimum atomic E-state index is -0.598. The summed E-state index contributed by atoms with van der Waals surface area (Å²) in [5.41, 5.74) is 2.87. The van der Waals surface area contributed by atoms with Crippen LogP contribution in [0.15, 0.2) is 47.0 Å². The maximum absolute atomic E-state index is 12.6. The first kappa shape index (κ1) is 20.4. The highest BCUT2D eigenvalue weighted by molar-refractivity contribution is 5.81. The molecule has 7 heteroatoms. The van der Waals surface area contributed by atoms with Crippen LogP contribution in [-0.4, -0.2) is 29.3 Å². The first-order chi connectivity index (χ1) is 14.0. The van der Waals surface area contributed by atoms with E-state index in [9.17, 15) is 4.79 Å². The van der Waals surface area contributed by atoms with Crippen LogP contribution in [0.3, 0.4) is 0 Å². The van der Waals surface area contributed by atoms with Gasteiger partial charge in [0, 0.05) is 5.56 Å². The first-order valence-electron chi connectivity index (χ1n) is 9.48. The molecule has 1 aromatic heterocycles. The zero-order valence-corrected chi connectivity index (χ0v) is 17.1. The van der Waals surface area contributed by atoms with Crippen molar-refractivity contribution in [1.29, 1.82) is 0 Å². The molecule has 0 aliphatic heterocycles. The fraction of sp³-hybridized carbons (Fsp3) is 0.318. The molecule has 0 saturated heterocycles. The van der Waals surface area contributed by atoms with E-state index in [0.717, 1.165) is 22.4 Å². The summed E-state index contributed by atoms with van der Waals surface area (Å²) in [7, 11) is 1.61. The number of aryl methyl sites for hydroxylation is 2. The van der Waals surface area contributed by atoms with Crippen molar-refractivity contribution in [3.05, 3.63) is 59.5 Å². The molecule has 0 unspecified atom stereocenters. The summed E-state index contributed by atoms with van der Waals surface area (Å²) in [5.74, 6) is 2.02. The quantitative estimate of drug-likeness (QED) is 0.624. The molecule has 0 radical (unpaired) electrons. The maximum atomic E-state index is 12.6. The lowest BCUT2D eigenvalue weighted by Gasteiger charge is -2.18. The molecule has 152 valence electrons. The average molecular weight is 395 g/mol. The van der Waals surface area contributed by atoms with E-state index >= 15 is 0 Å². The van der Waals surface area contributed by atoms with Gasteiger partial charge < -0.3 is 19.3 Å². The second kappa shape index (κ2) is 9.23. The molecule has 3 aromatic rings. The number of nitrogens with one attached hydrogen (secondary N) is 1. The SMILES string of the molecule is CC[C@@H](Oc1cc(C)ccc1C)C(=O)NCc1nc(-c2ccc(OC)cc2)no1. The maximum Gasteiger partial charge on any atom is 0.261 e. The highest BCUT2D eigenvalue weighted by atomic mass is 16.5. The smallest absolute Gasteiger partial charge is 0.261 e. The molecule has 29 heavy (non-hydrogen) atoms. The average Bonchev–Trinajstić information content (AvgIpc) is 3.21. The molecule has 1 heterocycles. The van der Waals surface area contributed by atoms with E-state index in [-0.39, 0.29) is 12.5 Å². The van der Waals surface area contributed by atoms with Crippen molar-refractivity contribution in [3.63, 3.8) is 0 Å². The Balaban J connectivity index is 1.60. The molecule has 3 rings (SSSR count). The van der Waals surface area contributed by atoms with Crippen molar-refractivity contribution < 1.29 is 18.8 Å². The number of nitrogens with zero attached hydrogens (tertiary/aromatic N) is 2. The Labute approximate surface area is 170 Å². The normalized spacial score (nSPS) is 11.7. The summed E-state index contributed by atoms with van der Waals surface area (Å²) in [5, 5.41) is 6.77. The Hall–Kier alpha value is -3.35. The topological polar surface area (TPSA) is 86.5 Å². The van der Waals surface area contributed by atoms with Crippen LogP contribution < -0.4 is 14.8 Å². The number of rotatable bonds is 8. The predicted octanol–water partition coefficient (Wildman–Crippen LogP) is 3.84. The van der Waals surface area contributed by atoms with Crippen LogP contribution in [0, 0.1) is 13.8 Å². The second-order valence-electron chi connectivity index (χ2n) is 6.74. The lowest BCUT2D eigenvalue weighted by atomic mass is 10.1. The van der Waals surface area contributed by atoms with Crippen molar-refractivity contribution in [1.82, 2.24) is 15.5 Å². The number of ether oxygens (including phenoxy) is 2. The number of amides is 1. The van der Waals surface area contributed by atoms with Crippen molar-refractivity contribution in [3.8, 4) is 22.9 Å². The van der Waals surface area contributed by atoms with Gasteiger partial charge in [-0.05, 0) is 61.7 Å². The third kappa shape index (κ3) is 5.13. The molecule has 7 nitrogen and oxygen atoms in total. The molecule has 0 saturated carbocycles. The first-order valence-corrected chi connectivity index (χ1v) is 9.48. The van der Waals surface area contributed by atoms with E-state index in [1.807, 2.05) is 63.2 Å². The van der Waals surface area contributed by atoms with Crippen LogP contribution in [0.2, 0.25) is 0 Å². The molecule has 0 spiro atoms. The van der Waals surface area contributed by atoms with Crippen molar-refractivity contribution in [2.75, 3.05) is 7.11 Å². The molecule has 1 amide bonds. The van der Waals surface area contributed by atoms with E-state index in [1.165, 1.54) is 0 Å². The van der Waals surface area contributed by atoms with Crippen molar-refractivity contribution in [2.24, 2.45) is 0 Å². The van der Waals surface area contributed by atoms with Gasteiger partial charge in [-0.15, -0.1) is 0 Å². The molecule has 1 N–H and O–H groups in total. The van der Waals surface area contributed by atoms with Crippen molar-refractivity contribution >= 4 is 5.91 Å². The third-order valence-electron chi connectivity index (χ3n) is 4.51. The van der Waals surface area contributed by atoms with Gasteiger partial charge in [-0.2, -0.15) is 4.98 Å². The van der Waals surface area contributed by atoms with Gasteiger partial charge in [-0.3, -0.25) is 4.79 Å². The van der Waals surface area contributed by atoms with Crippen LogP contribution >= 0.6 is 0 Å². The molecule has 0 aliphatic rings. The molecule has 0 fully saturated rings. The van der Waals surface area contributed by atoms with E-state index < -0.39 is 6.10 Å². The van der Waals surface area contributed by atoms with Crippen LogP contribution in [0.5, 0.6) is 11.5 Å². The second-order valence-corrected chi connectivity index (χ2v) is 6.74. The summed E-state index contributed by atoms with van der Waals surface area (Å²) >= 11 is 0. The van der Waals surface area contributed by atoms with Gasteiger partial charge in [0.25, 0.3) is 5.91 Å². The number of carbonyl (C=O) groups is 1. The number of benzene rings is 2. The van der Waals surface area contributed by atoms with E-state index in [0.29, 0.717) is 23.9 Å². The van der Waals surface area contributed by atoms with Gasteiger partial charge in [0.1, 0.15) is 11.5 Å². The number of hydrogen-bond acceptors (Lipinski definition) is 6. The highest BCUT2D eigenvalue weighted by Gasteiger charge is 2.20. The summed E-state index contributed by atoms with van der Waals surface area (Å²) in [6, 6.07) is 13.3. The van der Waals surface area contributed by atoms with Gasteiger partial charge >= 0.3 is 0 Å². The summed E-state index contributed by atoms with van der Waals surface area (Å²) < 4.78 is 16.3.